The summed E-state index contributed by atoms with van der Waals surface area (Å²) in [6, 6.07) is 0. The van der Waals surface area contributed by atoms with Crippen LogP contribution in [-0.2, 0) is 0 Å². The summed E-state index contributed by atoms with van der Waals surface area (Å²) in [6.45, 7) is 8.08. The van der Waals surface area contributed by atoms with Gasteiger partial charge in [-0.1, -0.05) is 104 Å². The molecule has 0 fully saturated rings. The van der Waals surface area contributed by atoms with Crippen LogP contribution in [0.15, 0.2) is 0 Å². The van der Waals surface area contributed by atoms with Gasteiger partial charge in [0.1, 0.15) is 0 Å². The molecule has 2 atom stereocenters. The van der Waals surface area contributed by atoms with Crippen LogP contribution >= 0.6 is 0 Å². The second-order valence-electron chi connectivity index (χ2n) is 10.0. The standard InChI is InChI=1S/C27H58N2O2/c1-5-7-9-11-13-15-17-20-26(30)24-28(3)22-19-23-29(4)25-27(31)21-18-16-14-12-10-8-6-2/h26-27,30-31H,5-25H2,1-4H3. The Labute approximate surface area is 195 Å². The molecule has 0 radical (unpaired) electrons. The Balaban J connectivity index is 3.58. The third-order valence-electron chi connectivity index (χ3n) is 6.41. The number of hydrogen-bond acceptors (Lipinski definition) is 4. The Morgan fingerprint density at radius 2 is 0.806 bits per heavy atom. The minimum atomic E-state index is -0.192. The third kappa shape index (κ3) is 22.8. The first kappa shape index (κ1) is 30.8. The first-order valence-electron chi connectivity index (χ1n) is 13.7. The first-order valence-corrected chi connectivity index (χ1v) is 13.7. The van der Waals surface area contributed by atoms with Gasteiger partial charge < -0.3 is 20.0 Å². The minimum Gasteiger partial charge on any atom is -0.392 e. The van der Waals surface area contributed by atoms with Crippen LogP contribution in [0.1, 0.15) is 123 Å². The summed E-state index contributed by atoms with van der Waals surface area (Å²) in [5.74, 6) is 0. The van der Waals surface area contributed by atoms with Gasteiger partial charge in [-0.05, 0) is 46.4 Å². The second kappa shape index (κ2) is 23.0. The third-order valence-corrected chi connectivity index (χ3v) is 6.41. The van der Waals surface area contributed by atoms with E-state index in [1.54, 1.807) is 0 Å². The highest BCUT2D eigenvalue weighted by Crippen LogP contribution is 2.11. The van der Waals surface area contributed by atoms with E-state index >= 15 is 0 Å². The molecule has 0 aromatic heterocycles. The van der Waals surface area contributed by atoms with Crippen molar-refractivity contribution in [3.05, 3.63) is 0 Å². The molecule has 0 spiro atoms. The van der Waals surface area contributed by atoms with E-state index < -0.39 is 0 Å². The van der Waals surface area contributed by atoms with Gasteiger partial charge in [0.25, 0.3) is 0 Å². The maximum absolute atomic E-state index is 10.3. The zero-order valence-electron chi connectivity index (χ0n) is 21.8. The van der Waals surface area contributed by atoms with Gasteiger partial charge in [-0.25, -0.2) is 0 Å². The molecular weight excluding hydrogens is 384 g/mol. The lowest BCUT2D eigenvalue weighted by atomic mass is 10.1. The Morgan fingerprint density at radius 3 is 1.16 bits per heavy atom. The Bertz CT molecular complexity index is 322. The molecule has 0 bridgehead atoms. The van der Waals surface area contributed by atoms with Crippen LogP contribution in [-0.4, -0.2) is 72.5 Å². The highest BCUT2D eigenvalue weighted by atomic mass is 16.3. The van der Waals surface area contributed by atoms with Gasteiger partial charge in [0, 0.05) is 13.1 Å². The van der Waals surface area contributed by atoms with E-state index in [1.807, 2.05) is 0 Å². The number of unbranched alkanes of at least 4 members (excludes halogenated alkanes) is 12. The van der Waals surface area contributed by atoms with Crippen molar-refractivity contribution in [1.29, 1.82) is 0 Å². The molecule has 0 saturated carbocycles. The van der Waals surface area contributed by atoms with Crippen LogP contribution < -0.4 is 0 Å². The summed E-state index contributed by atoms with van der Waals surface area (Å²) < 4.78 is 0. The van der Waals surface area contributed by atoms with Crippen LogP contribution in [0.5, 0.6) is 0 Å². The average Bonchev–Trinajstić information content (AvgIpc) is 2.72. The van der Waals surface area contributed by atoms with Crippen LogP contribution in [0, 0.1) is 0 Å². The molecule has 188 valence electrons. The fourth-order valence-corrected chi connectivity index (χ4v) is 4.37. The van der Waals surface area contributed by atoms with E-state index in [-0.39, 0.29) is 12.2 Å². The van der Waals surface area contributed by atoms with E-state index in [0.717, 1.165) is 58.3 Å². The molecule has 2 N–H and O–H groups in total. The highest BCUT2D eigenvalue weighted by molar-refractivity contribution is 4.65. The molecule has 0 aliphatic carbocycles. The lowest BCUT2D eigenvalue weighted by molar-refractivity contribution is 0.104. The molecular formula is C27H58N2O2. The maximum Gasteiger partial charge on any atom is 0.0667 e. The first-order chi connectivity index (χ1) is 15.0. The monoisotopic (exact) mass is 442 g/mol. The van der Waals surface area contributed by atoms with Gasteiger partial charge >= 0.3 is 0 Å². The molecule has 0 aliphatic rings. The van der Waals surface area contributed by atoms with Crippen LogP contribution in [0.25, 0.3) is 0 Å². The lowest BCUT2D eigenvalue weighted by Gasteiger charge is -2.24. The van der Waals surface area contributed by atoms with Gasteiger partial charge in [-0.15, -0.1) is 0 Å². The van der Waals surface area contributed by atoms with Crippen molar-refractivity contribution in [2.75, 3.05) is 40.3 Å². The largest absolute Gasteiger partial charge is 0.392 e. The molecule has 31 heavy (non-hydrogen) atoms. The van der Waals surface area contributed by atoms with Crippen molar-refractivity contribution in [3.63, 3.8) is 0 Å². The summed E-state index contributed by atoms with van der Waals surface area (Å²) in [5, 5.41) is 20.5. The van der Waals surface area contributed by atoms with Crippen LogP contribution in [0.2, 0.25) is 0 Å². The Kier molecular flexibility index (Phi) is 22.9. The van der Waals surface area contributed by atoms with Crippen molar-refractivity contribution in [2.24, 2.45) is 0 Å². The summed E-state index contributed by atoms with van der Waals surface area (Å²) >= 11 is 0. The number of nitrogens with zero attached hydrogens (tertiary/aromatic N) is 2. The molecule has 4 heteroatoms. The highest BCUT2D eigenvalue weighted by Gasteiger charge is 2.10. The van der Waals surface area contributed by atoms with Gasteiger partial charge in [0.05, 0.1) is 12.2 Å². The van der Waals surface area contributed by atoms with Gasteiger partial charge in [0.2, 0.25) is 0 Å². The van der Waals surface area contributed by atoms with Gasteiger partial charge in [0.15, 0.2) is 0 Å². The van der Waals surface area contributed by atoms with E-state index in [1.165, 1.54) is 77.0 Å². The fraction of sp³-hybridized carbons (Fsp3) is 1.00. The van der Waals surface area contributed by atoms with Crippen molar-refractivity contribution in [2.45, 2.75) is 135 Å². The average molecular weight is 443 g/mol. The smallest absolute Gasteiger partial charge is 0.0667 e. The topological polar surface area (TPSA) is 46.9 Å². The number of aliphatic hydroxyl groups excluding tert-OH is 2. The zero-order valence-corrected chi connectivity index (χ0v) is 21.8. The summed E-state index contributed by atoms with van der Waals surface area (Å²) in [5.41, 5.74) is 0. The molecule has 4 nitrogen and oxygen atoms in total. The maximum atomic E-state index is 10.3. The molecule has 0 amide bonds. The van der Waals surface area contributed by atoms with Crippen molar-refractivity contribution < 1.29 is 10.2 Å². The molecule has 0 aromatic carbocycles. The quantitative estimate of drug-likeness (QED) is 0.174. The molecule has 0 rings (SSSR count). The Hall–Kier alpha value is -0.160. The molecule has 0 saturated heterocycles. The number of hydrogen-bond donors (Lipinski definition) is 2. The predicted molar refractivity (Wildman–Crippen MR) is 137 cm³/mol. The van der Waals surface area contributed by atoms with Crippen LogP contribution in [0.4, 0.5) is 0 Å². The van der Waals surface area contributed by atoms with E-state index in [9.17, 15) is 10.2 Å². The second-order valence-corrected chi connectivity index (χ2v) is 10.0. The lowest BCUT2D eigenvalue weighted by Crippen LogP contribution is -2.34. The van der Waals surface area contributed by atoms with Gasteiger partial charge in [-0.2, -0.15) is 0 Å². The number of rotatable bonds is 24. The normalized spacial score (nSPS) is 13.9. The number of likely N-dealkylation sites (N-methyl/N-ethyl adjacent to an activating group) is 2. The summed E-state index contributed by atoms with van der Waals surface area (Å²) in [4.78, 5) is 4.52. The van der Waals surface area contributed by atoms with Crippen molar-refractivity contribution in [3.8, 4) is 0 Å². The van der Waals surface area contributed by atoms with Crippen molar-refractivity contribution in [1.82, 2.24) is 9.80 Å². The fourth-order valence-electron chi connectivity index (χ4n) is 4.37. The Morgan fingerprint density at radius 1 is 0.484 bits per heavy atom. The van der Waals surface area contributed by atoms with E-state index in [4.69, 9.17) is 0 Å². The van der Waals surface area contributed by atoms with Gasteiger partial charge in [-0.3, -0.25) is 0 Å². The molecule has 2 unspecified atom stereocenters. The van der Waals surface area contributed by atoms with Crippen LogP contribution in [0.3, 0.4) is 0 Å². The van der Waals surface area contributed by atoms with Crippen molar-refractivity contribution >= 4 is 0 Å². The van der Waals surface area contributed by atoms with E-state index in [0.29, 0.717) is 0 Å². The molecule has 0 heterocycles. The van der Waals surface area contributed by atoms with E-state index in [2.05, 4.69) is 37.7 Å². The zero-order chi connectivity index (χ0) is 23.2. The summed E-state index contributed by atoms with van der Waals surface area (Å²) in [6.07, 6.45) is 20.8. The predicted octanol–water partition coefficient (Wildman–Crippen LogP) is 6.24. The SMILES string of the molecule is CCCCCCCCCC(O)CN(C)CCCN(C)CC(O)CCCCCCCCC. The molecule has 0 aromatic rings. The number of aliphatic hydroxyl groups is 2. The minimum absolute atomic E-state index is 0.192. The summed E-state index contributed by atoms with van der Waals surface area (Å²) in [7, 11) is 4.23. The molecule has 0 aliphatic heterocycles.